The number of nitrogens with one attached hydrogen (secondary N) is 2. The molecule has 2 fully saturated rings. The lowest BCUT2D eigenvalue weighted by Gasteiger charge is -2.31. The van der Waals surface area contributed by atoms with Crippen LogP contribution in [0.4, 0.5) is 4.79 Å². The van der Waals surface area contributed by atoms with Crippen LogP contribution in [0.25, 0.3) is 0 Å². The van der Waals surface area contributed by atoms with E-state index in [-0.39, 0.29) is 12.1 Å². The molecule has 1 saturated carbocycles. The summed E-state index contributed by atoms with van der Waals surface area (Å²) < 4.78 is 16.8. The second-order valence-corrected chi connectivity index (χ2v) is 8.39. The van der Waals surface area contributed by atoms with Crippen molar-refractivity contribution in [3.05, 3.63) is 0 Å². The average Bonchev–Trinajstić information content (AvgIpc) is 2.53. The smallest absolute Gasteiger partial charge is 0.407 e. The molecule has 2 N–H and O–H groups in total. The molecule has 2 atom stereocenters. The van der Waals surface area contributed by atoms with Gasteiger partial charge in [0.05, 0.1) is 19.3 Å². The van der Waals surface area contributed by atoms with Gasteiger partial charge < -0.3 is 24.8 Å². The Hall–Kier alpha value is -0.850. The summed E-state index contributed by atoms with van der Waals surface area (Å²) in [6.45, 7) is 11.2. The third-order valence-electron chi connectivity index (χ3n) is 4.90. The Morgan fingerprint density at radius 1 is 1.16 bits per heavy atom. The SMILES string of the molecule is CC1COCCC1NCCOC1CCC(NC(=O)OC(C)(C)C)CC1. The van der Waals surface area contributed by atoms with Gasteiger partial charge in [-0.05, 0) is 58.8 Å². The predicted molar refractivity (Wildman–Crippen MR) is 97.8 cm³/mol. The fourth-order valence-corrected chi connectivity index (χ4v) is 3.50. The summed E-state index contributed by atoms with van der Waals surface area (Å²) in [5.41, 5.74) is -0.445. The molecule has 0 aromatic carbocycles. The van der Waals surface area contributed by atoms with E-state index in [2.05, 4.69) is 17.6 Å². The maximum atomic E-state index is 11.8. The molecular weight excluding hydrogens is 320 g/mol. The lowest BCUT2D eigenvalue weighted by molar-refractivity contribution is 0.0112. The number of alkyl carbamates (subject to hydrolysis) is 1. The van der Waals surface area contributed by atoms with Crippen LogP contribution in [0.3, 0.4) is 0 Å². The van der Waals surface area contributed by atoms with Crippen LogP contribution in [0.1, 0.15) is 59.8 Å². The van der Waals surface area contributed by atoms with Crippen molar-refractivity contribution < 1.29 is 19.0 Å². The van der Waals surface area contributed by atoms with E-state index in [9.17, 15) is 4.79 Å². The molecule has 0 aromatic heterocycles. The van der Waals surface area contributed by atoms with E-state index in [4.69, 9.17) is 14.2 Å². The van der Waals surface area contributed by atoms with Gasteiger partial charge in [-0.1, -0.05) is 6.92 Å². The molecular formula is C19H36N2O4. The van der Waals surface area contributed by atoms with Gasteiger partial charge in [0.15, 0.2) is 0 Å². The van der Waals surface area contributed by atoms with Crippen molar-refractivity contribution in [2.75, 3.05) is 26.4 Å². The molecule has 1 saturated heterocycles. The Morgan fingerprint density at radius 2 is 1.88 bits per heavy atom. The van der Waals surface area contributed by atoms with Crippen LogP contribution < -0.4 is 10.6 Å². The van der Waals surface area contributed by atoms with Gasteiger partial charge in [0.25, 0.3) is 0 Å². The van der Waals surface area contributed by atoms with Crippen LogP contribution in [0.5, 0.6) is 0 Å². The normalized spacial score (nSPS) is 30.7. The van der Waals surface area contributed by atoms with Gasteiger partial charge in [0.1, 0.15) is 5.60 Å². The van der Waals surface area contributed by atoms with Crippen molar-refractivity contribution in [1.82, 2.24) is 10.6 Å². The summed E-state index contributed by atoms with van der Waals surface area (Å²) in [6.07, 6.45) is 4.98. The van der Waals surface area contributed by atoms with E-state index in [0.717, 1.165) is 58.5 Å². The first-order valence-electron chi connectivity index (χ1n) is 9.76. The number of rotatable bonds is 6. The van der Waals surface area contributed by atoms with E-state index in [1.165, 1.54) is 0 Å². The van der Waals surface area contributed by atoms with Crippen molar-refractivity contribution in [3.8, 4) is 0 Å². The highest BCUT2D eigenvalue weighted by molar-refractivity contribution is 5.68. The predicted octanol–water partition coefficient (Wildman–Crippen LogP) is 2.85. The van der Waals surface area contributed by atoms with Crippen molar-refractivity contribution in [1.29, 1.82) is 0 Å². The first-order chi connectivity index (χ1) is 11.8. The van der Waals surface area contributed by atoms with Crippen LogP contribution in [-0.4, -0.2) is 56.2 Å². The number of amides is 1. The van der Waals surface area contributed by atoms with Gasteiger partial charge in [0, 0.05) is 25.2 Å². The molecule has 146 valence electrons. The zero-order valence-electron chi connectivity index (χ0n) is 16.3. The molecule has 6 nitrogen and oxygen atoms in total. The summed E-state index contributed by atoms with van der Waals surface area (Å²) in [5.74, 6) is 0.572. The molecule has 25 heavy (non-hydrogen) atoms. The van der Waals surface area contributed by atoms with Crippen molar-refractivity contribution in [3.63, 3.8) is 0 Å². The van der Waals surface area contributed by atoms with Gasteiger partial charge in [-0.25, -0.2) is 4.79 Å². The van der Waals surface area contributed by atoms with Crippen molar-refractivity contribution >= 4 is 6.09 Å². The second-order valence-electron chi connectivity index (χ2n) is 8.39. The minimum atomic E-state index is -0.445. The van der Waals surface area contributed by atoms with E-state index >= 15 is 0 Å². The lowest BCUT2D eigenvalue weighted by atomic mass is 9.93. The van der Waals surface area contributed by atoms with Gasteiger partial charge in [-0.3, -0.25) is 0 Å². The summed E-state index contributed by atoms with van der Waals surface area (Å²) in [6, 6.07) is 0.752. The topological polar surface area (TPSA) is 68.8 Å². The molecule has 0 bridgehead atoms. The van der Waals surface area contributed by atoms with Gasteiger partial charge in [-0.2, -0.15) is 0 Å². The molecule has 1 aliphatic heterocycles. The maximum absolute atomic E-state index is 11.8. The maximum Gasteiger partial charge on any atom is 0.407 e. The standard InChI is InChI=1S/C19H36N2O4/c1-14-13-23-11-9-17(14)20-10-12-24-16-7-5-15(6-8-16)21-18(22)25-19(2,3)4/h14-17,20H,5-13H2,1-4H3,(H,21,22). The highest BCUT2D eigenvalue weighted by Crippen LogP contribution is 2.22. The van der Waals surface area contributed by atoms with Gasteiger partial charge >= 0.3 is 6.09 Å². The summed E-state index contributed by atoms with van der Waals surface area (Å²) in [5, 5.41) is 6.56. The number of hydrogen-bond acceptors (Lipinski definition) is 5. The summed E-state index contributed by atoms with van der Waals surface area (Å²) in [7, 11) is 0. The van der Waals surface area contributed by atoms with Gasteiger partial charge in [-0.15, -0.1) is 0 Å². The Balaban J connectivity index is 1.54. The molecule has 0 aromatic rings. The number of hydrogen-bond donors (Lipinski definition) is 2. The minimum absolute atomic E-state index is 0.205. The zero-order chi connectivity index (χ0) is 18.3. The van der Waals surface area contributed by atoms with Gasteiger partial charge in [0.2, 0.25) is 0 Å². The highest BCUT2D eigenvalue weighted by atomic mass is 16.6. The number of ether oxygens (including phenoxy) is 3. The van der Waals surface area contributed by atoms with Crippen LogP contribution in [0.15, 0.2) is 0 Å². The number of carbonyl (C=O) groups excluding carboxylic acids is 1. The Bertz CT molecular complexity index is 403. The minimum Gasteiger partial charge on any atom is -0.444 e. The quantitative estimate of drug-likeness (QED) is 0.716. The molecule has 6 heteroatoms. The Morgan fingerprint density at radius 3 is 2.52 bits per heavy atom. The average molecular weight is 357 g/mol. The molecule has 0 spiro atoms. The first kappa shape index (κ1) is 20.5. The molecule has 2 aliphatic rings. The first-order valence-corrected chi connectivity index (χ1v) is 9.76. The fraction of sp³-hybridized carbons (Fsp3) is 0.947. The molecule has 2 unspecified atom stereocenters. The Kier molecular flexibility index (Phi) is 7.97. The van der Waals surface area contributed by atoms with E-state index in [1.54, 1.807) is 0 Å². The third kappa shape index (κ3) is 7.92. The fourth-order valence-electron chi connectivity index (χ4n) is 3.50. The molecule has 1 heterocycles. The lowest BCUT2D eigenvalue weighted by Crippen LogP contribution is -2.43. The molecule has 1 amide bonds. The van der Waals surface area contributed by atoms with Crippen molar-refractivity contribution in [2.45, 2.75) is 83.6 Å². The molecule has 2 rings (SSSR count). The van der Waals surface area contributed by atoms with Crippen LogP contribution in [-0.2, 0) is 14.2 Å². The summed E-state index contributed by atoms with van der Waals surface area (Å²) in [4.78, 5) is 11.8. The van der Waals surface area contributed by atoms with E-state index in [0.29, 0.717) is 18.1 Å². The van der Waals surface area contributed by atoms with E-state index < -0.39 is 5.60 Å². The van der Waals surface area contributed by atoms with E-state index in [1.807, 2.05) is 20.8 Å². The zero-order valence-corrected chi connectivity index (χ0v) is 16.3. The Labute approximate surface area is 152 Å². The number of carbonyl (C=O) groups is 1. The highest BCUT2D eigenvalue weighted by Gasteiger charge is 2.25. The molecule has 0 radical (unpaired) electrons. The van der Waals surface area contributed by atoms with Crippen LogP contribution >= 0.6 is 0 Å². The third-order valence-corrected chi connectivity index (χ3v) is 4.90. The largest absolute Gasteiger partial charge is 0.444 e. The van der Waals surface area contributed by atoms with Crippen molar-refractivity contribution in [2.24, 2.45) is 5.92 Å². The van der Waals surface area contributed by atoms with Crippen LogP contribution in [0.2, 0.25) is 0 Å². The molecule has 1 aliphatic carbocycles. The van der Waals surface area contributed by atoms with Crippen LogP contribution in [0, 0.1) is 5.92 Å². The monoisotopic (exact) mass is 356 g/mol. The summed E-state index contributed by atoms with van der Waals surface area (Å²) >= 11 is 0. The second kappa shape index (κ2) is 9.74.